The first-order chi connectivity index (χ1) is 15.3. The van der Waals surface area contributed by atoms with E-state index in [9.17, 15) is 23.1 Å². The van der Waals surface area contributed by atoms with Gasteiger partial charge in [-0.2, -0.15) is 23.4 Å². The van der Waals surface area contributed by atoms with Crippen LogP contribution < -0.4 is 0 Å². The van der Waals surface area contributed by atoms with Gasteiger partial charge in [-0.05, 0) is 70.4 Å². The highest BCUT2D eigenvalue weighted by molar-refractivity contribution is 5.71. The zero-order valence-corrected chi connectivity index (χ0v) is 19.1. The second-order valence-corrected chi connectivity index (χ2v) is 9.07. The number of carbonyl (C=O) groups is 1. The van der Waals surface area contributed by atoms with Crippen LogP contribution in [-0.2, 0) is 22.3 Å². The maximum absolute atomic E-state index is 12.9. The van der Waals surface area contributed by atoms with Crippen molar-refractivity contribution in [2.75, 3.05) is 13.1 Å². The summed E-state index contributed by atoms with van der Waals surface area (Å²) in [6.07, 6.45) is -3.57. The number of rotatable bonds is 4. The fourth-order valence-corrected chi connectivity index (χ4v) is 3.57. The minimum atomic E-state index is -4.54. The van der Waals surface area contributed by atoms with Gasteiger partial charge in [0.2, 0.25) is 0 Å². The second-order valence-electron chi connectivity index (χ2n) is 9.07. The van der Waals surface area contributed by atoms with E-state index in [1.165, 1.54) is 6.92 Å². The van der Waals surface area contributed by atoms with Crippen LogP contribution in [0.2, 0.25) is 0 Å². The van der Waals surface area contributed by atoms with Gasteiger partial charge in [0.1, 0.15) is 11.4 Å². The number of aryl methyl sites for hydroxylation is 1. The van der Waals surface area contributed by atoms with Crippen molar-refractivity contribution in [3.05, 3.63) is 41.1 Å². The molecule has 33 heavy (non-hydrogen) atoms. The Balaban J connectivity index is 1.56. The van der Waals surface area contributed by atoms with Gasteiger partial charge >= 0.3 is 12.3 Å². The molecule has 1 N–H and O–H groups in total. The van der Waals surface area contributed by atoms with Gasteiger partial charge < -0.3 is 19.5 Å². The molecule has 0 saturated carbocycles. The van der Waals surface area contributed by atoms with E-state index in [2.05, 4.69) is 10.2 Å². The number of halogens is 3. The summed E-state index contributed by atoms with van der Waals surface area (Å²) in [4.78, 5) is 13.8. The molecular formula is C23H28F3N3O4. The largest absolute Gasteiger partial charge is 0.507 e. The van der Waals surface area contributed by atoms with Crippen LogP contribution in [0.1, 0.15) is 50.4 Å². The van der Waals surface area contributed by atoms with E-state index >= 15 is 0 Å². The van der Waals surface area contributed by atoms with Crippen molar-refractivity contribution in [3.63, 3.8) is 0 Å². The first-order valence-corrected chi connectivity index (χ1v) is 10.7. The van der Waals surface area contributed by atoms with E-state index in [1.807, 2.05) is 20.8 Å². The highest BCUT2D eigenvalue weighted by Gasteiger charge is 2.32. The number of aromatic nitrogens is 2. The number of alkyl halides is 3. The Kier molecular flexibility index (Phi) is 7.16. The van der Waals surface area contributed by atoms with Crippen molar-refractivity contribution in [2.45, 2.75) is 65.0 Å². The molecule has 0 bridgehead atoms. The van der Waals surface area contributed by atoms with Crippen LogP contribution in [0.15, 0.2) is 24.3 Å². The summed E-state index contributed by atoms with van der Waals surface area (Å²) in [5.41, 5.74) is -0.178. The smallest absolute Gasteiger partial charge is 0.416 e. The summed E-state index contributed by atoms with van der Waals surface area (Å²) >= 11 is 0. The Morgan fingerprint density at radius 3 is 2.33 bits per heavy atom. The number of benzene rings is 1. The van der Waals surface area contributed by atoms with Gasteiger partial charge in [-0.3, -0.25) is 0 Å². The third-order valence-corrected chi connectivity index (χ3v) is 5.18. The number of nitrogens with zero attached hydrogens (tertiary/aromatic N) is 3. The van der Waals surface area contributed by atoms with Gasteiger partial charge in [-0.15, -0.1) is 0 Å². The number of likely N-dealkylation sites (tertiary alicyclic amines) is 1. The third kappa shape index (κ3) is 6.56. The molecule has 3 rings (SSSR count). The Morgan fingerprint density at radius 1 is 1.15 bits per heavy atom. The minimum absolute atomic E-state index is 0.0358. The zero-order chi connectivity index (χ0) is 24.4. The van der Waals surface area contributed by atoms with E-state index in [-0.39, 0.29) is 35.6 Å². The molecule has 180 valence electrons. The van der Waals surface area contributed by atoms with E-state index in [4.69, 9.17) is 9.47 Å². The Hall–Kier alpha value is -2.88. The first-order valence-electron chi connectivity index (χ1n) is 10.7. The van der Waals surface area contributed by atoms with E-state index in [1.54, 1.807) is 17.0 Å². The molecule has 1 amide bonds. The van der Waals surface area contributed by atoms with Crippen molar-refractivity contribution >= 4 is 6.09 Å². The molecule has 0 spiro atoms. The quantitative estimate of drug-likeness (QED) is 0.674. The lowest BCUT2D eigenvalue weighted by Gasteiger charge is -2.33. The van der Waals surface area contributed by atoms with Crippen LogP contribution in [0, 0.1) is 6.92 Å². The summed E-state index contributed by atoms with van der Waals surface area (Å²) in [6.45, 7) is 8.25. The molecule has 1 fully saturated rings. The zero-order valence-electron chi connectivity index (χ0n) is 19.1. The molecule has 0 atom stereocenters. The summed E-state index contributed by atoms with van der Waals surface area (Å²) < 4.78 is 50.0. The maximum Gasteiger partial charge on any atom is 0.416 e. The number of ether oxygens (including phenoxy) is 2. The van der Waals surface area contributed by atoms with Gasteiger partial charge in [0.15, 0.2) is 0 Å². The van der Waals surface area contributed by atoms with Gasteiger partial charge in [0.25, 0.3) is 0 Å². The van der Waals surface area contributed by atoms with Crippen LogP contribution in [-0.4, -0.2) is 51.1 Å². The first kappa shape index (κ1) is 24.8. The topological polar surface area (TPSA) is 84.8 Å². The lowest BCUT2D eigenvalue weighted by Crippen LogP contribution is -2.43. The molecule has 0 unspecified atom stereocenters. The van der Waals surface area contributed by atoms with E-state index in [0.717, 1.165) is 6.07 Å². The van der Waals surface area contributed by atoms with Gasteiger partial charge in [0.05, 0.1) is 29.7 Å². The summed E-state index contributed by atoms with van der Waals surface area (Å²) in [7, 11) is 0. The fourth-order valence-electron chi connectivity index (χ4n) is 3.57. The molecule has 2 heterocycles. The summed E-state index contributed by atoms with van der Waals surface area (Å²) in [5, 5.41) is 18.3. The summed E-state index contributed by atoms with van der Waals surface area (Å²) in [6, 6.07) is 4.91. The molecule has 1 aliphatic heterocycles. The highest BCUT2D eigenvalue weighted by Crippen LogP contribution is 2.38. The average Bonchev–Trinajstić information content (AvgIpc) is 2.71. The lowest BCUT2D eigenvalue weighted by molar-refractivity contribution is -0.137. The molecule has 2 aromatic rings. The number of piperidine rings is 1. The van der Waals surface area contributed by atoms with Crippen molar-refractivity contribution < 1.29 is 32.5 Å². The second kappa shape index (κ2) is 9.54. The molecule has 10 heteroatoms. The van der Waals surface area contributed by atoms with Gasteiger partial charge in [-0.25, -0.2) is 4.79 Å². The van der Waals surface area contributed by atoms with Crippen molar-refractivity contribution in [1.82, 2.24) is 15.1 Å². The molecule has 1 aromatic carbocycles. The Labute approximate surface area is 190 Å². The molecule has 0 radical (unpaired) electrons. The number of hydrogen-bond donors (Lipinski definition) is 1. The number of carbonyl (C=O) groups excluding carboxylic acids is 1. The number of phenols is 1. The van der Waals surface area contributed by atoms with Crippen LogP contribution >= 0.6 is 0 Å². The van der Waals surface area contributed by atoms with Crippen molar-refractivity contribution in [1.29, 1.82) is 0 Å². The molecule has 0 aliphatic carbocycles. The number of amides is 1. The summed E-state index contributed by atoms with van der Waals surface area (Å²) in [5.74, 6) is -0.502. The lowest BCUT2D eigenvalue weighted by atomic mass is 10.0. The minimum Gasteiger partial charge on any atom is -0.507 e. The Bertz CT molecular complexity index is 957. The van der Waals surface area contributed by atoms with Crippen LogP contribution in [0.4, 0.5) is 18.0 Å². The van der Waals surface area contributed by atoms with Crippen LogP contribution in [0.5, 0.6) is 5.75 Å². The number of aromatic hydroxyl groups is 1. The molecule has 1 aliphatic rings. The van der Waals surface area contributed by atoms with Crippen LogP contribution in [0.3, 0.4) is 0 Å². The monoisotopic (exact) mass is 467 g/mol. The predicted octanol–water partition coefficient (Wildman–Crippen LogP) is 5.09. The highest BCUT2D eigenvalue weighted by atomic mass is 19.4. The number of hydrogen-bond acceptors (Lipinski definition) is 6. The SMILES string of the molecule is Cc1cc(C(F)(F)F)cc(O)c1-c1ccc(COC2CCN(C(=O)OC(C)(C)C)CC2)nn1. The van der Waals surface area contributed by atoms with Gasteiger partial charge in [0, 0.05) is 18.7 Å². The van der Waals surface area contributed by atoms with Gasteiger partial charge in [-0.1, -0.05) is 0 Å². The molecule has 1 saturated heterocycles. The normalized spacial score (nSPS) is 15.5. The average molecular weight is 467 g/mol. The number of phenolic OH excluding ortho intramolecular Hbond substituents is 1. The van der Waals surface area contributed by atoms with Crippen LogP contribution in [0.25, 0.3) is 11.3 Å². The Morgan fingerprint density at radius 2 is 1.82 bits per heavy atom. The molecule has 7 nitrogen and oxygen atoms in total. The third-order valence-electron chi connectivity index (χ3n) is 5.18. The van der Waals surface area contributed by atoms with E-state index in [0.29, 0.717) is 37.7 Å². The van der Waals surface area contributed by atoms with Crippen molar-refractivity contribution in [3.8, 4) is 17.0 Å². The maximum atomic E-state index is 12.9. The molecular weight excluding hydrogens is 439 g/mol. The molecule has 1 aromatic heterocycles. The standard InChI is InChI=1S/C23H28F3N3O4/c1-14-11-15(23(24,25)26)12-19(30)20(14)18-6-5-16(27-28-18)13-32-17-7-9-29(10-8-17)21(31)33-22(2,3)4/h5-6,11-12,17,30H,7-10,13H2,1-4H3. The van der Waals surface area contributed by atoms with Crippen molar-refractivity contribution in [2.24, 2.45) is 0 Å². The van der Waals surface area contributed by atoms with E-state index < -0.39 is 23.1 Å². The fraction of sp³-hybridized carbons (Fsp3) is 0.522. The predicted molar refractivity (Wildman–Crippen MR) is 114 cm³/mol.